The molecule has 2 aliphatic heterocycles. The van der Waals surface area contributed by atoms with Crippen LogP contribution in [-0.2, 0) is 16.1 Å². The molecule has 5 rings (SSSR count). The summed E-state index contributed by atoms with van der Waals surface area (Å²) >= 11 is 6.80. The number of hydrogen-bond acceptors (Lipinski definition) is 4. The van der Waals surface area contributed by atoms with E-state index in [0.717, 1.165) is 22.4 Å². The van der Waals surface area contributed by atoms with Crippen LogP contribution in [0.2, 0.25) is 0 Å². The molecule has 0 saturated carbocycles. The highest BCUT2D eigenvalue weighted by Crippen LogP contribution is 2.46. The Bertz CT molecular complexity index is 1260. The van der Waals surface area contributed by atoms with Crippen LogP contribution in [0.3, 0.4) is 0 Å². The van der Waals surface area contributed by atoms with Gasteiger partial charge in [0.1, 0.15) is 4.32 Å². The van der Waals surface area contributed by atoms with Crippen molar-refractivity contribution in [3.63, 3.8) is 0 Å². The molecular weight excluding hydrogens is 436 g/mol. The number of benzene rings is 3. The highest BCUT2D eigenvalue weighted by atomic mass is 32.2. The Labute approximate surface area is 196 Å². The Morgan fingerprint density at radius 2 is 1.47 bits per heavy atom. The first kappa shape index (κ1) is 20.7. The first-order valence-corrected chi connectivity index (χ1v) is 11.6. The predicted octanol–water partition coefficient (Wildman–Crippen LogP) is 5.57. The number of carbonyl (C=O) groups is 2. The molecule has 2 aliphatic rings. The van der Waals surface area contributed by atoms with E-state index in [1.54, 1.807) is 9.80 Å². The van der Waals surface area contributed by atoms with Crippen LogP contribution in [-0.4, -0.2) is 21.0 Å². The summed E-state index contributed by atoms with van der Waals surface area (Å²) in [5.74, 6) is -0.376. The number of thioether (sulfide) groups is 1. The molecule has 1 unspecified atom stereocenters. The topological polar surface area (TPSA) is 40.6 Å². The summed E-state index contributed by atoms with van der Waals surface area (Å²) < 4.78 is 0.473. The molecule has 0 aliphatic carbocycles. The fraction of sp³-hybridized carbons (Fsp3) is 0.115. The number of nitrogens with zero attached hydrogens (tertiary/aromatic N) is 2. The Balaban J connectivity index is 1.55. The third-order valence-electron chi connectivity index (χ3n) is 5.80. The van der Waals surface area contributed by atoms with E-state index in [9.17, 15) is 9.59 Å². The first-order chi connectivity index (χ1) is 15.6. The van der Waals surface area contributed by atoms with Crippen molar-refractivity contribution in [2.75, 3.05) is 4.90 Å². The molecule has 158 valence electrons. The van der Waals surface area contributed by atoms with Gasteiger partial charge in [0.15, 0.2) is 0 Å². The van der Waals surface area contributed by atoms with Gasteiger partial charge in [-0.3, -0.25) is 14.5 Å². The van der Waals surface area contributed by atoms with E-state index >= 15 is 0 Å². The van der Waals surface area contributed by atoms with Crippen molar-refractivity contribution in [1.82, 2.24) is 4.90 Å². The summed E-state index contributed by atoms with van der Waals surface area (Å²) in [5, 5.41) is 0. The van der Waals surface area contributed by atoms with Crippen LogP contribution in [0, 0.1) is 0 Å². The lowest BCUT2D eigenvalue weighted by Gasteiger charge is -2.23. The second kappa shape index (κ2) is 8.37. The standard InChI is InChI=1S/C26H20N2O2S2/c1-17(19-12-6-3-7-13-19)28-25(30)23(32-26(28)31)22-20-14-8-9-15-21(20)27(24(22)29)16-18-10-4-2-5-11-18/h2-15,17H,16H2,1H3/b23-22-. The highest BCUT2D eigenvalue weighted by Gasteiger charge is 2.43. The Hall–Kier alpha value is -3.22. The van der Waals surface area contributed by atoms with Gasteiger partial charge in [-0.1, -0.05) is 103 Å². The molecule has 1 fully saturated rings. The van der Waals surface area contributed by atoms with E-state index in [4.69, 9.17) is 12.2 Å². The quantitative estimate of drug-likeness (QED) is 0.380. The molecule has 0 spiro atoms. The summed E-state index contributed by atoms with van der Waals surface area (Å²) in [6.45, 7) is 2.40. The number of hydrogen-bond donors (Lipinski definition) is 0. The first-order valence-electron chi connectivity index (χ1n) is 10.4. The largest absolute Gasteiger partial charge is 0.303 e. The molecule has 1 saturated heterocycles. The van der Waals surface area contributed by atoms with Gasteiger partial charge in [0.05, 0.1) is 28.8 Å². The maximum Gasteiger partial charge on any atom is 0.267 e. The monoisotopic (exact) mass is 456 g/mol. The number of para-hydroxylation sites is 1. The Kier molecular flexibility index (Phi) is 5.41. The minimum atomic E-state index is -0.214. The van der Waals surface area contributed by atoms with Crippen LogP contribution < -0.4 is 4.90 Å². The van der Waals surface area contributed by atoms with E-state index < -0.39 is 0 Å². The van der Waals surface area contributed by atoms with Crippen molar-refractivity contribution >= 4 is 51.4 Å². The van der Waals surface area contributed by atoms with E-state index in [1.165, 1.54) is 11.8 Å². The molecule has 1 atom stereocenters. The van der Waals surface area contributed by atoms with Gasteiger partial charge in [-0.05, 0) is 24.1 Å². The summed E-state index contributed by atoms with van der Waals surface area (Å²) in [4.78, 5) is 30.9. The summed E-state index contributed by atoms with van der Waals surface area (Å²) in [5.41, 5.74) is 4.07. The molecule has 0 aromatic heterocycles. The van der Waals surface area contributed by atoms with Crippen molar-refractivity contribution in [1.29, 1.82) is 0 Å². The number of thiocarbonyl (C=S) groups is 1. The van der Waals surface area contributed by atoms with Gasteiger partial charge >= 0.3 is 0 Å². The van der Waals surface area contributed by atoms with E-state index in [-0.39, 0.29) is 17.9 Å². The molecule has 6 heteroatoms. The van der Waals surface area contributed by atoms with E-state index in [2.05, 4.69) is 0 Å². The Morgan fingerprint density at radius 3 is 2.19 bits per heavy atom. The molecule has 3 aromatic carbocycles. The van der Waals surface area contributed by atoms with Crippen molar-refractivity contribution in [2.45, 2.75) is 19.5 Å². The van der Waals surface area contributed by atoms with Crippen molar-refractivity contribution in [2.24, 2.45) is 0 Å². The summed E-state index contributed by atoms with van der Waals surface area (Å²) in [7, 11) is 0. The Morgan fingerprint density at radius 1 is 0.844 bits per heavy atom. The highest BCUT2D eigenvalue weighted by molar-refractivity contribution is 8.26. The van der Waals surface area contributed by atoms with Gasteiger partial charge in [0.2, 0.25) is 0 Å². The number of amides is 2. The summed E-state index contributed by atoms with van der Waals surface area (Å²) in [6.07, 6.45) is 0. The van der Waals surface area contributed by atoms with Crippen LogP contribution >= 0.6 is 24.0 Å². The van der Waals surface area contributed by atoms with Gasteiger partial charge in [-0.15, -0.1) is 0 Å². The molecular formula is C26H20N2O2S2. The van der Waals surface area contributed by atoms with Crippen molar-refractivity contribution in [3.05, 3.63) is 107 Å². The second-order valence-corrected chi connectivity index (χ2v) is 9.37. The van der Waals surface area contributed by atoms with E-state index in [1.807, 2.05) is 91.9 Å². The molecule has 4 nitrogen and oxygen atoms in total. The molecule has 2 heterocycles. The average Bonchev–Trinajstić information content (AvgIpc) is 3.26. The number of carbonyl (C=O) groups excluding carboxylic acids is 2. The molecule has 0 N–H and O–H groups in total. The van der Waals surface area contributed by atoms with Crippen LogP contribution in [0.15, 0.2) is 89.8 Å². The third kappa shape index (κ3) is 3.45. The maximum absolute atomic E-state index is 13.6. The summed E-state index contributed by atoms with van der Waals surface area (Å²) in [6, 6.07) is 27.1. The zero-order valence-corrected chi connectivity index (χ0v) is 19.0. The fourth-order valence-electron chi connectivity index (χ4n) is 4.17. The predicted molar refractivity (Wildman–Crippen MR) is 133 cm³/mol. The SMILES string of the molecule is CC(c1ccccc1)N1C(=O)/C(=C2/C(=O)N(Cc3ccccc3)c3ccccc32)SC1=S. The normalized spacial score (nSPS) is 19.0. The average molecular weight is 457 g/mol. The fourth-order valence-corrected chi connectivity index (χ4v) is 5.66. The second-order valence-electron chi connectivity index (χ2n) is 7.73. The zero-order chi connectivity index (χ0) is 22.2. The maximum atomic E-state index is 13.6. The van der Waals surface area contributed by atoms with Crippen molar-refractivity contribution < 1.29 is 9.59 Å². The lowest BCUT2D eigenvalue weighted by atomic mass is 10.1. The van der Waals surface area contributed by atoms with Gasteiger partial charge in [0, 0.05) is 5.56 Å². The number of fused-ring (bicyclic) bond motifs is 1. The van der Waals surface area contributed by atoms with Gasteiger partial charge in [-0.2, -0.15) is 0 Å². The number of rotatable bonds is 4. The molecule has 2 amide bonds. The van der Waals surface area contributed by atoms with Crippen LogP contribution in [0.4, 0.5) is 5.69 Å². The lowest BCUT2D eigenvalue weighted by molar-refractivity contribution is -0.123. The molecule has 32 heavy (non-hydrogen) atoms. The minimum Gasteiger partial charge on any atom is -0.303 e. The van der Waals surface area contributed by atoms with Gasteiger partial charge in [0.25, 0.3) is 11.8 Å². The van der Waals surface area contributed by atoms with Crippen molar-refractivity contribution in [3.8, 4) is 0 Å². The molecule has 0 bridgehead atoms. The third-order valence-corrected chi connectivity index (χ3v) is 7.20. The molecule has 3 aromatic rings. The van der Waals surface area contributed by atoms with Gasteiger partial charge < -0.3 is 4.90 Å². The number of anilines is 1. The minimum absolute atomic E-state index is 0.164. The van der Waals surface area contributed by atoms with Gasteiger partial charge in [-0.25, -0.2) is 0 Å². The van der Waals surface area contributed by atoms with Crippen LogP contribution in [0.1, 0.15) is 29.7 Å². The van der Waals surface area contributed by atoms with Crippen LogP contribution in [0.5, 0.6) is 0 Å². The lowest BCUT2D eigenvalue weighted by Crippen LogP contribution is -2.31. The smallest absolute Gasteiger partial charge is 0.267 e. The molecule has 0 radical (unpaired) electrons. The zero-order valence-electron chi connectivity index (χ0n) is 17.4. The van der Waals surface area contributed by atoms with Crippen LogP contribution in [0.25, 0.3) is 5.57 Å². The van der Waals surface area contributed by atoms with E-state index in [0.29, 0.717) is 21.3 Å².